The lowest BCUT2D eigenvalue weighted by Crippen LogP contribution is -2.41. The number of nitrogens with zero attached hydrogens (tertiary/aromatic N) is 2. The Kier molecular flexibility index (Phi) is 5.15. The molecule has 1 saturated carbocycles. The molecule has 3 aromatic rings. The summed E-state index contributed by atoms with van der Waals surface area (Å²) in [6.45, 7) is 2.01. The maximum Gasteiger partial charge on any atom is 0.296 e. The van der Waals surface area contributed by atoms with Crippen LogP contribution in [0.15, 0.2) is 53.8 Å². The van der Waals surface area contributed by atoms with Crippen molar-refractivity contribution in [3.8, 4) is 5.75 Å². The monoisotopic (exact) mass is 494 g/mol. The molecule has 3 aliphatic rings. The van der Waals surface area contributed by atoms with Crippen LogP contribution in [-0.4, -0.2) is 35.3 Å². The largest absolute Gasteiger partial charge is 0.497 e. The zero-order valence-electron chi connectivity index (χ0n) is 18.8. The summed E-state index contributed by atoms with van der Waals surface area (Å²) in [6, 6.07) is 13.0. The van der Waals surface area contributed by atoms with Crippen molar-refractivity contribution in [1.82, 2.24) is 4.98 Å². The second kappa shape index (κ2) is 8.10. The van der Waals surface area contributed by atoms with E-state index in [1.54, 1.807) is 12.0 Å². The summed E-state index contributed by atoms with van der Waals surface area (Å²) in [5.74, 6) is 0.227. The van der Waals surface area contributed by atoms with Crippen LogP contribution in [0.4, 0.5) is 5.13 Å². The van der Waals surface area contributed by atoms with Gasteiger partial charge in [-0.05, 0) is 49.9 Å². The Hall–Kier alpha value is -2.90. The number of thiazole rings is 1. The molecule has 8 heteroatoms. The predicted molar refractivity (Wildman–Crippen MR) is 131 cm³/mol. The number of anilines is 1. The molecule has 4 atom stereocenters. The highest BCUT2D eigenvalue weighted by Gasteiger charge is 2.53. The molecule has 0 radical (unpaired) electrons. The average Bonchev–Trinajstić information content (AvgIpc) is 3.38. The number of carbonyl (C=O) groups excluding carboxylic acids is 2. The number of fused-ring (bicyclic) bond motifs is 2. The summed E-state index contributed by atoms with van der Waals surface area (Å²) in [5.41, 5.74) is 3.16. The van der Waals surface area contributed by atoms with E-state index in [2.05, 4.69) is 0 Å². The van der Waals surface area contributed by atoms with E-state index in [1.807, 2.05) is 49.4 Å². The number of ether oxygens (including phenoxy) is 2. The van der Waals surface area contributed by atoms with Crippen molar-refractivity contribution in [1.29, 1.82) is 0 Å². The molecule has 1 aromatic heterocycles. The first kappa shape index (κ1) is 21.6. The summed E-state index contributed by atoms with van der Waals surface area (Å²) < 4.78 is 12.5. The zero-order valence-corrected chi connectivity index (χ0v) is 20.4. The van der Waals surface area contributed by atoms with Gasteiger partial charge in [0.1, 0.15) is 11.9 Å². The van der Waals surface area contributed by atoms with Crippen LogP contribution in [0, 0.1) is 12.8 Å². The molecule has 1 amide bonds. The minimum atomic E-state index is -0.588. The van der Waals surface area contributed by atoms with Gasteiger partial charge in [-0.25, -0.2) is 4.98 Å². The Balaban J connectivity index is 1.49. The molecule has 1 aliphatic carbocycles. The molecular formula is C26H23ClN2O4S. The number of amides is 1. The van der Waals surface area contributed by atoms with E-state index in [0.29, 0.717) is 23.5 Å². The van der Waals surface area contributed by atoms with Crippen molar-refractivity contribution in [2.45, 2.75) is 43.7 Å². The Morgan fingerprint density at radius 1 is 1.15 bits per heavy atom. The first-order valence-corrected chi connectivity index (χ1v) is 12.6. The molecule has 0 saturated heterocycles. The molecule has 174 valence electrons. The van der Waals surface area contributed by atoms with Crippen LogP contribution in [0.2, 0.25) is 0 Å². The smallest absolute Gasteiger partial charge is 0.296 e. The summed E-state index contributed by atoms with van der Waals surface area (Å²) in [6.07, 6.45) is 1.71. The molecule has 6 rings (SSSR count). The van der Waals surface area contributed by atoms with Crippen LogP contribution in [-0.2, 0) is 14.3 Å². The number of benzene rings is 2. The van der Waals surface area contributed by atoms with E-state index in [-0.39, 0.29) is 34.8 Å². The number of hydrogen-bond acceptors (Lipinski definition) is 6. The Morgan fingerprint density at radius 3 is 2.71 bits per heavy atom. The normalized spacial score (nSPS) is 26.5. The number of halogens is 1. The van der Waals surface area contributed by atoms with E-state index in [4.69, 9.17) is 26.1 Å². The fourth-order valence-corrected chi connectivity index (χ4v) is 6.54. The van der Waals surface area contributed by atoms with Crippen LogP contribution < -0.4 is 9.64 Å². The topological polar surface area (TPSA) is 68.7 Å². The molecule has 0 N–H and O–H groups in total. The molecule has 2 aromatic carbocycles. The third kappa shape index (κ3) is 3.33. The quantitative estimate of drug-likeness (QED) is 0.460. The lowest BCUT2D eigenvalue weighted by Gasteiger charge is -2.37. The van der Waals surface area contributed by atoms with E-state index in [0.717, 1.165) is 33.5 Å². The van der Waals surface area contributed by atoms with Crippen LogP contribution in [0.5, 0.6) is 5.75 Å². The number of Topliss-reactive ketones (excluding diaryl/α,β-unsaturated/α-hetero) is 1. The number of hydrogen-bond donors (Lipinski definition) is 0. The minimum absolute atomic E-state index is 0.0270. The van der Waals surface area contributed by atoms with Gasteiger partial charge in [-0.15, -0.1) is 11.6 Å². The standard InChI is InChI=1S/C26H23ClN2O4S/c1-13-3-5-14(6-4-13)22-21-23(30)17-11-15(27)7-10-19(17)33-24(21)25(31)29(22)26-28-18-9-8-16(32-2)12-20(18)34-26/h3-6,8-9,12,15,17,19,22H,7,10-11H2,1-2H3. The number of rotatable bonds is 3. The van der Waals surface area contributed by atoms with Gasteiger partial charge in [0.15, 0.2) is 16.7 Å². The first-order chi connectivity index (χ1) is 16.4. The van der Waals surface area contributed by atoms with E-state index in [1.165, 1.54) is 11.3 Å². The number of aryl methyl sites for hydroxylation is 1. The third-order valence-electron chi connectivity index (χ3n) is 6.97. The number of alkyl halides is 1. The first-order valence-electron chi connectivity index (χ1n) is 11.4. The molecular weight excluding hydrogens is 472 g/mol. The molecule has 1 fully saturated rings. The summed E-state index contributed by atoms with van der Waals surface area (Å²) in [4.78, 5) is 34.0. The van der Waals surface area contributed by atoms with E-state index >= 15 is 0 Å². The lowest BCUT2D eigenvalue weighted by molar-refractivity contribution is -0.131. The van der Waals surface area contributed by atoms with Crippen LogP contribution >= 0.6 is 22.9 Å². The average molecular weight is 495 g/mol. The van der Waals surface area contributed by atoms with Gasteiger partial charge in [0.25, 0.3) is 5.91 Å². The summed E-state index contributed by atoms with van der Waals surface area (Å²) in [7, 11) is 1.62. The number of methoxy groups -OCH3 is 1. The van der Waals surface area contributed by atoms with Gasteiger partial charge in [0, 0.05) is 5.38 Å². The van der Waals surface area contributed by atoms with Gasteiger partial charge < -0.3 is 9.47 Å². The van der Waals surface area contributed by atoms with E-state index < -0.39 is 6.04 Å². The number of carbonyl (C=O) groups is 2. The van der Waals surface area contributed by atoms with Gasteiger partial charge in [0.2, 0.25) is 0 Å². The maximum absolute atomic E-state index is 13.8. The summed E-state index contributed by atoms with van der Waals surface area (Å²) in [5, 5.41) is 0.476. The van der Waals surface area contributed by atoms with Crippen LogP contribution in [0.1, 0.15) is 36.4 Å². The zero-order chi connectivity index (χ0) is 23.6. The Morgan fingerprint density at radius 2 is 1.94 bits per heavy atom. The highest BCUT2D eigenvalue weighted by Crippen LogP contribution is 2.49. The van der Waals surface area contributed by atoms with Crippen molar-refractivity contribution >= 4 is 50.0 Å². The van der Waals surface area contributed by atoms with Crippen molar-refractivity contribution in [3.63, 3.8) is 0 Å². The van der Waals surface area contributed by atoms with Crippen molar-refractivity contribution in [2.24, 2.45) is 5.92 Å². The van der Waals surface area contributed by atoms with Crippen molar-refractivity contribution < 1.29 is 19.1 Å². The Bertz CT molecular complexity index is 1350. The molecule has 6 nitrogen and oxygen atoms in total. The molecule has 0 spiro atoms. The van der Waals surface area contributed by atoms with Gasteiger partial charge in [-0.3, -0.25) is 14.5 Å². The maximum atomic E-state index is 13.8. The number of aromatic nitrogens is 1. The summed E-state index contributed by atoms with van der Waals surface area (Å²) >= 11 is 7.82. The second-order valence-electron chi connectivity index (χ2n) is 9.10. The predicted octanol–water partition coefficient (Wildman–Crippen LogP) is 5.33. The number of ketones is 1. The fraction of sp³-hybridized carbons (Fsp3) is 0.346. The SMILES string of the molecule is COc1ccc2nc(N3C(=O)C4=C(C(=O)C5CC(Cl)CCC5O4)C3c3ccc(C)cc3)sc2c1. The Labute approximate surface area is 206 Å². The van der Waals surface area contributed by atoms with Crippen LogP contribution in [0.3, 0.4) is 0 Å². The van der Waals surface area contributed by atoms with Crippen molar-refractivity contribution in [3.05, 3.63) is 64.9 Å². The minimum Gasteiger partial charge on any atom is -0.497 e. The van der Waals surface area contributed by atoms with Gasteiger partial charge >= 0.3 is 0 Å². The second-order valence-corrected chi connectivity index (χ2v) is 10.7. The molecule has 3 heterocycles. The van der Waals surface area contributed by atoms with E-state index in [9.17, 15) is 9.59 Å². The molecule has 2 aliphatic heterocycles. The molecule has 0 bridgehead atoms. The van der Waals surface area contributed by atoms with Crippen molar-refractivity contribution in [2.75, 3.05) is 12.0 Å². The highest BCUT2D eigenvalue weighted by atomic mass is 35.5. The van der Waals surface area contributed by atoms with Gasteiger partial charge in [0.05, 0.1) is 34.9 Å². The molecule has 4 unspecified atom stereocenters. The van der Waals surface area contributed by atoms with Gasteiger partial charge in [-0.1, -0.05) is 41.2 Å². The fourth-order valence-electron chi connectivity index (χ4n) is 5.20. The van der Waals surface area contributed by atoms with Gasteiger partial charge in [-0.2, -0.15) is 0 Å². The highest BCUT2D eigenvalue weighted by molar-refractivity contribution is 7.22. The lowest BCUT2D eigenvalue weighted by atomic mass is 9.77. The third-order valence-corrected chi connectivity index (χ3v) is 8.38. The molecule has 34 heavy (non-hydrogen) atoms. The van der Waals surface area contributed by atoms with Crippen LogP contribution in [0.25, 0.3) is 10.2 Å².